The molecule has 0 saturated carbocycles. The molecular weight excluding hydrogens is 253 g/mol. The van der Waals surface area contributed by atoms with Crippen molar-refractivity contribution in [2.24, 2.45) is 0 Å². The second-order valence-corrected chi connectivity index (χ2v) is 3.04. The number of halogens is 1. The van der Waals surface area contributed by atoms with Crippen LogP contribution >= 0.6 is 22.6 Å². The highest BCUT2D eigenvalue weighted by Crippen LogP contribution is 2.14. The van der Waals surface area contributed by atoms with Gasteiger partial charge in [-0.1, -0.05) is 22.6 Å². The lowest BCUT2D eigenvalue weighted by Gasteiger charge is -2.02. The van der Waals surface area contributed by atoms with Crippen molar-refractivity contribution in [3.8, 4) is 5.75 Å². The Morgan fingerprint density at radius 1 is 1.55 bits per heavy atom. The average Bonchev–Trinajstić information content (AvgIpc) is 2.03. The Morgan fingerprint density at radius 3 is 2.82 bits per heavy atom. The zero-order chi connectivity index (χ0) is 8.27. The van der Waals surface area contributed by atoms with Crippen molar-refractivity contribution in [3.05, 3.63) is 23.5 Å². The maximum atomic E-state index is 5.09. The molecule has 60 valence electrons. The second kappa shape index (κ2) is 3.90. The van der Waals surface area contributed by atoms with Gasteiger partial charge < -0.3 is 4.74 Å². The fourth-order valence-corrected chi connectivity index (χ4v) is 1.28. The molecule has 0 saturated heterocycles. The van der Waals surface area contributed by atoms with Crippen molar-refractivity contribution in [1.82, 2.24) is 4.98 Å². The molecule has 1 aromatic heterocycles. The Balaban J connectivity index is 3.02. The van der Waals surface area contributed by atoms with Crippen LogP contribution in [0.1, 0.15) is 11.4 Å². The van der Waals surface area contributed by atoms with Gasteiger partial charge in [-0.3, -0.25) is 4.98 Å². The molecule has 11 heavy (non-hydrogen) atoms. The number of pyridine rings is 1. The lowest BCUT2D eigenvalue weighted by Crippen LogP contribution is -1.91. The van der Waals surface area contributed by atoms with Gasteiger partial charge in [0.15, 0.2) is 0 Å². The van der Waals surface area contributed by atoms with Crippen molar-refractivity contribution >= 4 is 22.6 Å². The van der Waals surface area contributed by atoms with Crippen LogP contribution in [0.4, 0.5) is 0 Å². The van der Waals surface area contributed by atoms with Crippen molar-refractivity contribution in [1.29, 1.82) is 0 Å². The fourth-order valence-electron chi connectivity index (χ4n) is 0.889. The van der Waals surface area contributed by atoms with E-state index in [1.165, 1.54) is 0 Å². The standard InChI is InChI=1S/C8H10INO/c1-6-3-8(11-2)4-7(5-9)10-6/h3-4H,5H2,1-2H3. The molecule has 0 fully saturated rings. The third-order valence-corrected chi connectivity index (χ3v) is 2.13. The van der Waals surface area contributed by atoms with Crippen LogP contribution in [-0.4, -0.2) is 12.1 Å². The van der Waals surface area contributed by atoms with Crippen LogP contribution in [0.25, 0.3) is 0 Å². The van der Waals surface area contributed by atoms with E-state index in [4.69, 9.17) is 4.74 Å². The molecule has 0 aliphatic rings. The zero-order valence-corrected chi connectivity index (χ0v) is 8.75. The highest BCUT2D eigenvalue weighted by molar-refractivity contribution is 14.1. The number of alkyl halides is 1. The first-order valence-corrected chi connectivity index (χ1v) is 4.86. The molecule has 0 aromatic carbocycles. The molecule has 0 amide bonds. The third kappa shape index (κ3) is 2.32. The lowest BCUT2D eigenvalue weighted by molar-refractivity contribution is 0.413. The van der Waals surface area contributed by atoms with Gasteiger partial charge in [-0.2, -0.15) is 0 Å². The van der Waals surface area contributed by atoms with E-state index in [9.17, 15) is 0 Å². The molecule has 0 unspecified atom stereocenters. The van der Waals surface area contributed by atoms with Crippen LogP contribution in [0, 0.1) is 6.92 Å². The maximum Gasteiger partial charge on any atom is 0.122 e. The van der Waals surface area contributed by atoms with Gasteiger partial charge >= 0.3 is 0 Å². The number of ether oxygens (including phenoxy) is 1. The summed E-state index contributed by atoms with van der Waals surface area (Å²) in [5.74, 6) is 0.893. The number of hydrogen-bond donors (Lipinski definition) is 0. The molecule has 1 heterocycles. The quantitative estimate of drug-likeness (QED) is 0.603. The summed E-state index contributed by atoms with van der Waals surface area (Å²) < 4.78 is 6.02. The molecule has 0 radical (unpaired) electrons. The summed E-state index contributed by atoms with van der Waals surface area (Å²) in [6.07, 6.45) is 0. The van der Waals surface area contributed by atoms with Gasteiger partial charge in [0.1, 0.15) is 5.75 Å². The smallest absolute Gasteiger partial charge is 0.122 e. The molecule has 0 aliphatic carbocycles. The Labute approximate surface area is 80.1 Å². The van der Waals surface area contributed by atoms with Crippen LogP contribution in [0.15, 0.2) is 12.1 Å². The molecule has 3 heteroatoms. The van der Waals surface area contributed by atoms with Gasteiger partial charge in [0.2, 0.25) is 0 Å². The molecule has 0 bridgehead atoms. The maximum absolute atomic E-state index is 5.09. The lowest BCUT2D eigenvalue weighted by atomic mass is 10.3. The van der Waals surface area contributed by atoms with Crippen molar-refractivity contribution in [3.63, 3.8) is 0 Å². The van der Waals surface area contributed by atoms with E-state index in [1.54, 1.807) is 7.11 Å². The van der Waals surface area contributed by atoms with Gasteiger partial charge in [-0.15, -0.1) is 0 Å². The number of aryl methyl sites for hydroxylation is 1. The number of nitrogens with zero attached hydrogens (tertiary/aromatic N) is 1. The number of rotatable bonds is 2. The number of methoxy groups -OCH3 is 1. The molecule has 1 rings (SSSR count). The van der Waals surface area contributed by atoms with Crippen LogP contribution in [-0.2, 0) is 4.43 Å². The van der Waals surface area contributed by atoms with Crippen LogP contribution in [0.5, 0.6) is 5.75 Å². The summed E-state index contributed by atoms with van der Waals surface area (Å²) >= 11 is 2.28. The molecule has 0 N–H and O–H groups in total. The Hall–Kier alpha value is -0.320. The second-order valence-electron chi connectivity index (χ2n) is 2.27. The molecule has 1 aromatic rings. The molecule has 2 nitrogen and oxygen atoms in total. The summed E-state index contributed by atoms with van der Waals surface area (Å²) in [5.41, 5.74) is 2.08. The van der Waals surface area contributed by atoms with Gasteiger partial charge in [-0.05, 0) is 6.92 Å². The fraction of sp³-hybridized carbons (Fsp3) is 0.375. The van der Waals surface area contributed by atoms with Gasteiger partial charge in [0.05, 0.1) is 12.8 Å². The highest BCUT2D eigenvalue weighted by atomic mass is 127. The minimum Gasteiger partial charge on any atom is -0.497 e. The SMILES string of the molecule is COc1cc(C)nc(CI)c1. The first-order valence-electron chi connectivity index (χ1n) is 3.34. The van der Waals surface area contributed by atoms with E-state index in [2.05, 4.69) is 27.6 Å². The predicted molar refractivity (Wildman–Crippen MR) is 53.3 cm³/mol. The summed E-state index contributed by atoms with van der Waals surface area (Å²) in [5, 5.41) is 0. The molecule has 0 aliphatic heterocycles. The summed E-state index contributed by atoms with van der Waals surface area (Å²) in [6, 6.07) is 3.88. The largest absolute Gasteiger partial charge is 0.497 e. The number of hydrogen-bond acceptors (Lipinski definition) is 2. The molecule has 0 spiro atoms. The normalized spacial score (nSPS) is 9.73. The Kier molecular flexibility index (Phi) is 3.11. The Morgan fingerprint density at radius 2 is 2.27 bits per heavy atom. The average molecular weight is 263 g/mol. The number of aromatic nitrogens is 1. The zero-order valence-electron chi connectivity index (χ0n) is 6.60. The van der Waals surface area contributed by atoms with Crippen molar-refractivity contribution in [2.45, 2.75) is 11.4 Å². The summed E-state index contributed by atoms with van der Waals surface area (Å²) in [6.45, 7) is 1.97. The van der Waals surface area contributed by atoms with E-state index < -0.39 is 0 Å². The first kappa shape index (κ1) is 8.77. The van der Waals surface area contributed by atoms with E-state index >= 15 is 0 Å². The van der Waals surface area contributed by atoms with Crippen LogP contribution < -0.4 is 4.74 Å². The van der Waals surface area contributed by atoms with E-state index in [1.807, 2.05) is 19.1 Å². The minimum absolute atomic E-state index is 0.893. The van der Waals surface area contributed by atoms with Gasteiger partial charge in [0.25, 0.3) is 0 Å². The van der Waals surface area contributed by atoms with Crippen LogP contribution in [0.2, 0.25) is 0 Å². The van der Waals surface area contributed by atoms with Crippen LogP contribution in [0.3, 0.4) is 0 Å². The van der Waals surface area contributed by atoms with E-state index in [0.717, 1.165) is 21.6 Å². The molecule has 0 atom stereocenters. The highest BCUT2D eigenvalue weighted by Gasteiger charge is 1.97. The summed E-state index contributed by atoms with van der Waals surface area (Å²) in [7, 11) is 1.67. The molecular formula is C8H10INO. The Bertz CT molecular complexity index is 228. The first-order chi connectivity index (χ1) is 5.26. The van der Waals surface area contributed by atoms with Gasteiger partial charge in [-0.25, -0.2) is 0 Å². The van der Waals surface area contributed by atoms with E-state index in [0.29, 0.717) is 0 Å². The van der Waals surface area contributed by atoms with Gasteiger partial charge in [0, 0.05) is 22.3 Å². The predicted octanol–water partition coefficient (Wildman–Crippen LogP) is 2.33. The summed E-state index contributed by atoms with van der Waals surface area (Å²) in [4.78, 5) is 4.31. The van der Waals surface area contributed by atoms with E-state index in [-0.39, 0.29) is 0 Å². The van der Waals surface area contributed by atoms with Crippen molar-refractivity contribution < 1.29 is 4.74 Å². The third-order valence-electron chi connectivity index (χ3n) is 1.35. The monoisotopic (exact) mass is 263 g/mol. The van der Waals surface area contributed by atoms with Crippen molar-refractivity contribution in [2.75, 3.05) is 7.11 Å². The minimum atomic E-state index is 0.893. The topological polar surface area (TPSA) is 22.1 Å².